The topological polar surface area (TPSA) is 20.2 Å². The average molecular weight is 371 g/mol. The molecule has 0 bridgehead atoms. The Bertz CT molecular complexity index is 605. The molecule has 152 valence electrons. The van der Waals surface area contributed by atoms with Gasteiger partial charge in [0.05, 0.1) is 6.10 Å². The van der Waals surface area contributed by atoms with Crippen molar-refractivity contribution >= 4 is 0 Å². The molecule has 0 aromatic heterocycles. The van der Waals surface area contributed by atoms with E-state index in [0.717, 1.165) is 24.7 Å². The van der Waals surface area contributed by atoms with Crippen LogP contribution >= 0.6 is 0 Å². The first-order chi connectivity index (χ1) is 12.8. The van der Waals surface area contributed by atoms with Gasteiger partial charge in [0.25, 0.3) is 0 Å². The largest absolute Gasteiger partial charge is 0.393 e. The second kappa shape index (κ2) is 7.05. The molecule has 4 saturated carbocycles. The minimum atomic E-state index is -0.0715. The number of fused-ring (bicyclic) bond motifs is 5. The van der Waals surface area contributed by atoms with Crippen molar-refractivity contribution in [3.8, 4) is 0 Å². The maximum atomic E-state index is 11.3. The molecule has 0 aliphatic heterocycles. The number of aliphatic hydroxyl groups excluding tert-OH is 1. The Morgan fingerprint density at radius 3 is 2.67 bits per heavy atom. The molecule has 4 aliphatic rings. The molecule has 8 unspecified atom stereocenters. The minimum absolute atomic E-state index is 0.0715. The van der Waals surface area contributed by atoms with Crippen LogP contribution in [0.5, 0.6) is 0 Å². The Labute approximate surface area is 167 Å². The maximum absolute atomic E-state index is 11.3. The lowest BCUT2D eigenvalue weighted by Gasteiger charge is -2.62. The molecule has 4 fully saturated rings. The van der Waals surface area contributed by atoms with E-state index in [4.69, 9.17) is 6.58 Å². The summed E-state index contributed by atoms with van der Waals surface area (Å²) in [6.07, 6.45) is 14.1. The van der Waals surface area contributed by atoms with E-state index in [1.807, 2.05) is 0 Å². The van der Waals surface area contributed by atoms with Crippen LogP contribution in [0.1, 0.15) is 91.4 Å². The smallest absolute Gasteiger partial charge is 0.0577 e. The van der Waals surface area contributed by atoms with Gasteiger partial charge in [-0.25, -0.2) is 0 Å². The predicted octanol–water partition coefficient (Wildman–Crippen LogP) is 6.92. The van der Waals surface area contributed by atoms with Crippen molar-refractivity contribution in [2.75, 3.05) is 0 Å². The monoisotopic (exact) mass is 370 g/mol. The first-order valence-electron chi connectivity index (χ1n) is 11.8. The van der Waals surface area contributed by atoms with Gasteiger partial charge in [-0.05, 0) is 105 Å². The van der Waals surface area contributed by atoms with E-state index < -0.39 is 0 Å². The third kappa shape index (κ3) is 2.98. The second-order valence-corrected chi connectivity index (χ2v) is 11.3. The van der Waals surface area contributed by atoms with Gasteiger partial charge in [0.15, 0.2) is 0 Å². The quantitative estimate of drug-likeness (QED) is 0.533. The Morgan fingerprint density at radius 2 is 1.93 bits per heavy atom. The molecule has 4 aliphatic carbocycles. The van der Waals surface area contributed by atoms with Crippen molar-refractivity contribution in [3.05, 3.63) is 24.3 Å². The predicted molar refractivity (Wildman–Crippen MR) is 114 cm³/mol. The summed E-state index contributed by atoms with van der Waals surface area (Å²) in [6.45, 7) is 16.1. The van der Waals surface area contributed by atoms with Crippen molar-refractivity contribution in [2.24, 2.45) is 40.4 Å². The lowest BCUT2D eigenvalue weighted by molar-refractivity contribution is -0.146. The van der Waals surface area contributed by atoms with Crippen molar-refractivity contribution in [1.82, 2.24) is 0 Å². The molecule has 4 rings (SSSR count). The van der Waals surface area contributed by atoms with Crippen molar-refractivity contribution in [1.29, 1.82) is 0 Å². The standard InChI is InChI=1S/C26H42O/c1-17(2)9-8-11-19-12-13-21-24-22(15-18(3)26(19,21)5)25(4)14-7-6-10-20(25)16-23(24)27/h19-24,27H,1,3,6-16H2,2,4-5H3. The summed E-state index contributed by atoms with van der Waals surface area (Å²) in [4.78, 5) is 0. The van der Waals surface area contributed by atoms with Crippen molar-refractivity contribution in [2.45, 2.75) is 97.5 Å². The molecular weight excluding hydrogens is 328 g/mol. The number of hydrogen-bond donors (Lipinski definition) is 1. The van der Waals surface area contributed by atoms with Gasteiger partial charge in [0.2, 0.25) is 0 Å². The molecule has 0 aromatic rings. The first kappa shape index (κ1) is 19.7. The van der Waals surface area contributed by atoms with E-state index in [1.165, 1.54) is 68.9 Å². The Morgan fingerprint density at radius 1 is 1.15 bits per heavy atom. The molecule has 0 saturated heterocycles. The molecule has 1 N–H and O–H groups in total. The fraction of sp³-hybridized carbons (Fsp3) is 0.846. The SMILES string of the molecule is C=C(C)CCCC1CCC2C3C(O)CC4CCCCC4(C)C3CC(=C)C12C. The van der Waals surface area contributed by atoms with Crippen LogP contribution in [-0.4, -0.2) is 11.2 Å². The van der Waals surface area contributed by atoms with Gasteiger partial charge in [-0.1, -0.05) is 44.4 Å². The first-order valence-corrected chi connectivity index (χ1v) is 11.8. The van der Waals surface area contributed by atoms with Gasteiger partial charge >= 0.3 is 0 Å². The third-order valence-corrected chi connectivity index (χ3v) is 10.0. The van der Waals surface area contributed by atoms with E-state index in [-0.39, 0.29) is 11.5 Å². The summed E-state index contributed by atoms with van der Waals surface area (Å²) in [7, 11) is 0. The molecule has 1 heteroatoms. The summed E-state index contributed by atoms with van der Waals surface area (Å²) in [5.41, 5.74) is 3.56. The van der Waals surface area contributed by atoms with Gasteiger partial charge in [0, 0.05) is 0 Å². The lowest BCUT2D eigenvalue weighted by atomic mass is 9.43. The highest BCUT2D eigenvalue weighted by Crippen LogP contribution is 2.69. The van der Waals surface area contributed by atoms with Gasteiger partial charge in [-0.15, -0.1) is 6.58 Å². The second-order valence-electron chi connectivity index (χ2n) is 11.3. The van der Waals surface area contributed by atoms with Gasteiger partial charge in [0.1, 0.15) is 0 Å². The average Bonchev–Trinajstić information content (AvgIpc) is 2.94. The molecule has 1 nitrogen and oxygen atoms in total. The normalized spacial score (nSPS) is 49.3. The van der Waals surface area contributed by atoms with Crippen LogP contribution in [0.4, 0.5) is 0 Å². The molecule has 8 atom stereocenters. The Kier molecular flexibility index (Phi) is 5.15. The van der Waals surface area contributed by atoms with Crippen LogP contribution < -0.4 is 0 Å². The fourth-order valence-corrected chi connectivity index (χ4v) is 8.39. The maximum Gasteiger partial charge on any atom is 0.0577 e. The Hall–Kier alpha value is -0.560. The van der Waals surface area contributed by atoms with E-state index in [0.29, 0.717) is 23.2 Å². The number of hydrogen-bond acceptors (Lipinski definition) is 1. The molecule has 0 spiro atoms. The van der Waals surface area contributed by atoms with Crippen LogP contribution in [0.15, 0.2) is 24.3 Å². The third-order valence-electron chi connectivity index (χ3n) is 10.0. The van der Waals surface area contributed by atoms with E-state index >= 15 is 0 Å². The highest BCUT2D eigenvalue weighted by molar-refractivity contribution is 5.25. The van der Waals surface area contributed by atoms with Crippen molar-refractivity contribution < 1.29 is 5.11 Å². The molecule has 27 heavy (non-hydrogen) atoms. The highest BCUT2D eigenvalue weighted by Gasteiger charge is 2.62. The van der Waals surface area contributed by atoms with Crippen LogP contribution in [0.3, 0.4) is 0 Å². The summed E-state index contributed by atoms with van der Waals surface area (Å²) < 4.78 is 0. The van der Waals surface area contributed by atoms with Crippen LogP contribution in [0, 0.1) is 40.4 Å². The zero-order valence-electron chi connectivity index (χ0n) is 18.1. The van der Waals surface area contributed by atoms with Crippen LogP contribution in [0.25, 0.3) is 0 Å². The van der Waals surface area contributed by atoms with Gasteiger partial charge < -0.3 is 5.11 Å². The zero-order chi connectivity index (χ0) is 19.4. The number of aliphatic hydroxyl groups is 1. The summed E-state index contributed by atoms with van der Waals surface area (Å²) >= 11 is 0. The fourth-order valence-electron chi connectivity index (χ4n) is 8.39. The van der Waals surface area contributed by atoms with Gasteiger partial charge in [-0.2, -0.15) is 0 Å². The van der Waals surface area contributed by atoms with E-state index in [2.05, 4.69) is 27.4 Å². The molecular formula is C26H42O. The molecule has 0 aromatic carbocycles. The highest BCUT2D eigenvalue weighted by atomic mass is 16.3. The minimum Gasteiger partial charge on any atom is -0.393 e. The molecule has 0 amide bonds. The summed E-state index contributed by atoms with van der Waals surface area (Å²) in [5, 5.41) is 11.3. The van der Waals surface area contributed by atoms with E-state index in [9.17, 15) is 5.11 Å². The van der Waals surface area contributed by atoms with Gasteiger partial charge in [-0.3, -0.25) is 0 Å². The zero-order valence-corrected chi connectivity index (χ0v) is 18.1. The summed E-state index contributed by atoms with van der Waals surface area (Å²) in [5.74, 6) is 3.36. The van der Waals surface area contributed by atoms with Crippen molar-refractivity contribution in [3.63, 3.8) is 0 Å². The van der Waals surface area contributed by atoms with E-state index in [1.54, 1.807) is 0 Å². The van der Waals surface area contributed by atoms with Crippen LogP contribution in [-0.2, 0) is 0 Å². The lowest BCUT2D eigenvalue weighted by Crippen LogP contribution is -2.58. The number of rotatable bonds is 4. The Balaban J connectivity index is 1.59. The number of allylic oxidation sites excluding steroid dienone is 2. The summed E-state index contributed by atoms with van der Waals surface area (Å²) in [6, 6.07) is 0. The molecule has 0 heterocycles. The molecule has 0 radical (unpaired) electrons. The van der Waals surface area contributed by atoms with Crippen LogP contribution in [0.2, 0.25) is 0 Å².